The van der Waals surface area contributed by atoms with Crippen molar-refractivity contribution in [3.63, 3.8) is 0 Å². The Hall–Kier alpha value is -3.15. The Kier molecular flexibility index (Phi) is 6.49. The summed E-state index contributed by atoms with van der Waals surface area (Å²) in [4.78, 5) is 35.5. The first-order valence-electron chi connectivity index (χ1n) is 9.44. The number of benzene rings is 1. The third-order valence-electron chi connectivity index (χ3n) is 4.65. The molecule has 1 aliphatic rings. The van der Waals surface area contributed by atoms with Gasteiger partial charge >= 0.3 is 18.9 Å². The van der Waals surface area contributed by atoms with E-state index in [-0.39, 0.29) is 35.9 Å². The molecule has 1 atom stereocenters. The van der Waals surface area contributed by atoms with E-state index in [0.717, 1.165) is 6.92 Å². The Morgan fingerprint density at radius 1 is 1.35 bits per heavy atom. The third kappa shape index (κ3) is 5.72. The van der Waals surface area contributed by atoms with Crippen LogP contribution in [0.5, 0.6) is 5.75 Å². The van der Waals surface area contributed by atoms with Crippen LogP contribution in [-0.4, -0.2) is 35.9 Å². The first-order chi connectivity index (χ1) is 14.5. The molecular weight excluding hydrogens is 419 g/mol. The maximum Gasteiger partial charge on any atom is 0.547 e. The second-order valence-electron chi connectivity index (χ2n) is 7.26. The van der Waals surface area contributed by atoms with Crippen molar-refractivity contribution < 1.29 is 41.6 Å². The minimum atomic E-state index is -2.97. The van der Waals surface area contributed by atoms with E-state index in [1.54, 1.807) is 12.1 Å². The molecule has 0 radical (unpaired) electrons. The fourth-order valence-electron chi connectivity index (χ4n) is 3.04. The van der Waals surface area contributed by atoms with Gasteiger partial charge in [-0.1, -0.05) is 12.1 Å². The molecule has 0 saturated heterocycles. The average molecular weight is 439 g/mol. The summed E-state index contributed by atoms with van der Waals surface area (Å²) in [5.74, 6) is -5.88. The van der Waals surface area contributed by atoms with Gasteiger partial charge in [-0.25, -0.2) is 18.4 Å². The highest BCUT2D eigenvalue weighted by Gasteiger charge is 2.38. The molecule has 31 heavy (non-hydrogen) atoms. The van der Waals surface area contributed by atoms with Crippen molar-refractivity contribution in [2.24, 2.45) is 0 Å². The van der Waals surface area contributed by atoms with Crippen LogP contribution in [0.4, 0.5) is 8.78 Å². The Balaban J connectivity index is 1.67. The number of carbonyl (C=O) groups is 2. The fraction of sp³-hybridized carbons (Fsp3) is 0.421. The van der Waals surface area contributed by atoms with Gasteiger partial charge < -0.3 is 28.6 Å². The van der Waals surface area contributed by atoms with E-state index in [1.165, 1.54) is 13.0 Å². The normalized spacial score (nSPS) is 15.8. The summed E-state index contributed by atoms with van der Waals surface area (Å²) in [5.41, 5.74) is 0.535. The number of para-hydroxylation sites is 1. The summed E-state index contributed by atoms with van der Waals surface area (Å²) in [5, 5.41) is 12.7. The van der Waals surface area contributed by atoms with Crippen LogP contribution in [0, 0.1) is 6.92 Å². The number of rotatable bonds is 7. The number of carbonyl (C=O) groups excluding carboxylic acids is 2. The predicted molar refractivity (Wildman–Crippen MR) is 102 cm³/mol. The summed E-state index contributed by atoms with van der Waals surface area (Å²) < 4.78 is 45.9. The Bertz CT molecular complexity index is 1030. The highest BCUT2D eigenvalue weighted by atomic mass is 19.3. The highest BCUT2D eigenvalue weighted by Crippen LogP contribution is 2.31. The van der Waals surface area contributed by atoms with Crippen LogP contribution in [0.3, 0.4) is 0 Å². The third-order valence-corrected chi connectivity index (χ3v) is 4.65. The average Bonchev–Trinajstić information content (AvgIpc) is 3.01. The molecule has 0 saturated carbocycles. The molecular formula is C19H20BF2NO8. The van der Waals surface area contributed by atoms with Crippen LogP contribution in [0.15, 0.2) is 31.8 Å². The maximum absolute atomic E-state index is 12.9. The fourth-order valence-corrected chi connectivity index (χ4v) is 3.04. The SMILES string of the molecule is Cc1oc(=O)oc1COC(=O)c1cccc2c1OB(O)[C@@H](NC(=O)CCC(C)(F)F)C2. The number of esters is 1. The molecule has 1 aromatic carbocycles. The van der Waals surface area contributed by atoms with Crippen LogP contribution >= 0.6 is 0 Å². The number of aryl methyl sites for hydroxylation is 1. The summed E-state index contributed by atoms with van der Waals surface area (Å²) in [6.07, 6.45) is -0.914. The predicted octanol–water partition coefficient (Wildman–Crippen LogP) is 1.77. The van der Waals surface area contributed by atoms with Crippen molar-refractivity contribution in [3.8, 4) is 5.75 Å². The van der Waals surface area contributed by atoms with E-state index in [1.807, 2.05) is 0 Å². The van der Waals surface area contributed by atoms with E-state index in [9.17, 15) is 28.2 Å². The number of ether oxygens (including phenoxy) is 1. The Labute approximate surface area is 175 Å². The van der Waals surface area contributed by atoms with Gasteiger partial charge in [-0.3, -0.25) is 4.79 Å². The van der Waals surface area contributed by atoms with Crippen molar-refractivity contribution in [2.75, 3.05) is 0 Å². The molecule has 0 bridgehead atoms. The van der Waals surface area contributed by atoms with Crippen LogP contribution in [0.25, 0.3) is 0 Å². The molecule has 12 heteroatoms. The zero-order chi connectivity index (χ0) is 22.8. The van der Waals surface area contributed by atoms with Crippen molar-refractivity contribution in [2.45, 2.75) is 51.6 Å². The second kappa shape index (κ2) is 8.92. The van der Waals surface area contributed by atoms with Crippen molar-refractivity contribution in [1.29, 1.82) is 0 Å². The first-order valence-corrected chi connectivity index (χ1v) is 9.44. The molecule has 0 fully saturated rings. The molecule has 3 rings (SSSR count). The number of alkyl halides is 2. The number of halogens is 2. The van der Waals surface area contributed by atoms with E-state index >= 15 is 0 Å². The van der Waals surface area contributed by atoms with Gasteiger partial charge in [-0.2, -0.15) is 0 Å². The summed E-state index contributed by atoms with van der Waals surface area (Å²) in [6.45, 7) is 1.86. The zero-order valence-corrected chi connectivity index (χ0v) is 16.8. The van der Waals surface area contributed by atoms with Gasteiger partial charge in [0.05, 0.1) is 5.94 Å². The molecule has 2 N–H and O–H groups in total. The highest BCUT2D eigenvalue weighted by molar-refractivity contribution is 6.47. The second-order valence-corrected chi connectivity index (χ2v) is 7.26. The smallest absolute Gasteiger partial charge is 0.534 e. The first kappa shape index (κ1) is 22.5. The molecule has 2 heterocycles. The van der Waals surface area contributed by atoms with Gasteiger partial charge in [0, 0.05) is 12.8 Å². The molecule has 0 aliphatic carbocycles. The van der Waals surface area contributed by atoms with Gasteiger partial charge in [-0.15, -0.1) is 0 Å². The van der Waals surface area contributed by atoms with E-state index in [0.29, 0.717) is 5.56 Å². The van der Waals surface area contributed by atoms with Gasteiger partial charge in [0.2, 0.25) is 11.8 Å². The maximum atomic E-state index is 12.9. The largest absolute Gasteiger partial charge is 0.547 e. The molecule has 0 spiro atoms. The lowest BCUT2D eigenvalue weighted by Crippen LogP contribution is -2.53. The summed E-state index contributed by atoms with van der Waals surface area (Å²) >= 11 is 0. The monoisotopic (exact) mass is 439 g/mol. The molecule has 0 unspecified atom stereocenters. The Morgan fingerprint density at radius 3 is 2.74 bits per heavy atom. The van der Waals surface area contributed by atoms with Crippen molar-refractivity contribution in [3.05, 3.63) is 51.5 Å². The number of nitrogens with one attached hydrogen (secondary N) is 1. The van der Waals surface area contributed by atoms with E-state index in [4.69, 9.17) is 13.8 Å². The standard InChI is InChI=1S/C19H20BF2NO8/c1-10-13(30-18(26)29-10)9-28-17(25)12-5-3-4-11-8-14(20(27)31-16(11)12)23-15(24)6-7-19(2,21)22/h3-5,14,27H,6-9H2,1-2H3,(H,23,24)/t14-/m0/s1. The lowest BCUT2D eigenvalue weighted by molar-refractivity contribution is -0.123. The quantitative estimate of drug-likeness (QED) is 0.494. The molecule has 2 aromatic rings. The number of fused-ring (bicyclic) bond motifs is 1. The van der Waals surface area contributed by atoms with Gasteiger partial charge in [-0.05, 0) is 31.9 Å². The topological polar surface area (TPSA) is 128 Å². The van der Waals surface area contributed by atoms with Crippen molar-refractivity contribution >= 4 is 19.0 Å². The molecule has 1 aromatic heterocycles. The van der Waals surface area contributed by atoms with Crippen LogP contribution in [-0.2, 0) is 22.6 Å². The van der Waals surface area contributed by atoms with E-state index < -0.39 is 49.5 Å². The van der Waals surface area contributed by atoms with Gasteiger partial charge in [0.15, 0.2) is 18.1 Å². The molecule has 166 valence electrons. The zero-order valence-electron chi connectivity index (χ0n) is 16.8. The molecule has 1 amide bonds. The van der Waals surface area contributed by atoms with E-state index in [2.05, 4.69) is 9.73 Å². The van der Waals surface area contributed by atoms with Gasteiger partial charge in [0.25, 0.3) is 0 Å². The Morgan fingerprint density at radius 2 is 2.10 bits per heavy atom. The van der Waals surface area contributed by atoms with Crippen LogP contribution in [0.1, 0.15) is 47.2 Å². The van der Waals surface area contributed by atoms with Gasteiger partial charge in [0.1, 0.15) is 11.3 Å². The minimum Gasteiger partial charge on any atom is -0.534 e. The number of hydrogen-bond donors (Lipinski definition) is 2. The molecule has 1 aliphatic heterocycles. The lowest BCUT2D eigenvalue weighted by Gasteiger charge is -2.29. The number of hydrogen-bond acceptors (Lipinski definition) is 8. The lowest BCUT2D eigenvalue weighted by atomic mass is 9.72. The van der Waals surface area contributed by atoms with Crippen LogP contribution < -0.4 is 15.8 Å². The van der Waals surface area contributed by atoms with Crippen molar-refractivity contribution in [1.82, 2.24) is 5.32 Å². The molecule has 9 nitrogen and oxygen atoms in total. The summed E-state index contributed by atoms with van der Waals surface area (Å²) in [7, 11) is -1.50. The van der Waals surface area contributed by atoms with Crippen LogP contribution in [0.2, 0.25) is 0 Å². The minimum absolute atomic E-state index is 0.0236. The number of amides is 1. The summed E-state index contributed by atoms with van der Waals surface area (Å²) in [6, 6.07) is 4.63.